The van der Waals surface area contributed by atoms with Crippen molar-refractivity contribution >= 4 is 46.1 Å². The third kappa shape index (κ3) is 4.58. The molecule has 2 heterocycles. The van der Waals surface area contributed by atoms with Crippen LogP contribution in [0, 0.1) is 0 Å². The van der Waals surface area contributed by atoms with E-state index < -0.39 is 11.3 Å². The molecule has 1 amide bonds. The lowest BCUT2D eigenvalue weighted by atomic mass is 9.89. The summed E-state index contributed by atoms with van der Waals surface area (Å²) in [5.74, 6) is -0.474. The summed E-state index contributed by atoms with van der Waals surface area (Å²) >= 11 is 5.94. The predicted molar refractivity (Wildman–Crippen MR) is 129 cm³/mol. The molecule has 176 valence electrons. The Kier molecular flexibility index (Phi) is 6.78. The van der Waals surface area contributed by atoms with Crippen molar-refractivity contribution in [2.75, 3.05) is 32.5 Å². The number of nitrogen functional groups attached to an aromatic ring is 1. The molecule has 0 radical (unpaired) electrons. The molecule has 3 aromatic rings. The number of nitrogens with zero attached hydrogens (tertiary/aromatic N) is 3. The molecule has 4 N–H and O–H groups in total. The minimum Gasteiger partial charge on any atom is -0.506 e. The fourth-order valence-electron chi connectivity index (χ4n) is 3.98. The first-order chi connectivity index (χ1) is 16.3. The van der Waals surface area contributed by atoms with Crippen LogP contribution in [0.1, 0.15) is 11.1 Å². The van der Waals surface area contributed by atoms with Gasteiger partial charge in [0.2, 0.25) is 0 Å². The molecule has 1 atom stereocenters. The van der Waals surface area contributed by atoms with Crippen LogP contribution in [0.2, 0.25) is 5.02 Å². The van der Waals surface area contributed by atoms with Crippen LogP contribution in [0.5, 0.6) is 5.75 Å². The number of hydrogen-bond donors (Lipinski definition) is 3. The number of nitrogens with one attached hydrogen (secondary N) is 1. The van der Waals surface area contributed by atoms with Crippen LogP contribution in [0.4, 0.5) is 5.82 Å². The van der Waals surface area contributed by atoms with Gasteiger partial charge in [0.15, 0.2) is 11.3 Å². The molecule has 1 aromatic heterocycles. The van der Waals surface area contributed by atoms with Crippen molar-refractivity contribution in [2.45, 2.75) is 12.1 Å². The average Bonchev–Trinajstić information content (AvgIpc) is 2.82. The Morgan fingerprint density at radius 2 is 2.15 bits per heavy atom. The summed E-state index contributed by atoms with van der Waals surface area (Å²) in [6.45, 7) is 1.03. The largest absolute Gasteiger partial charge is 0.506 e. The SMILES string of the molecule is COC[C@@]1(C(=O)/C=C/c2ccc(O)c(Cl)c2)NCCN(Cc2ccc3c(N)ncnc3c2)C1=O. The molecule has 10 heteroatoms. The fourth-order valence-corrected chi connectivity index (χ4v) is 4.17. The normalized spacial score (nSPS) is 18.6. The highest BCUT2D eigenvalue weighted by Crippen LogP contribution is 2.25. The zero-order valence-electron chi connectivity index (χ0n) is 18.5. The second-order valence-corrected chi connectivity index (χ2v) is 8.42. The lowest BCUT2D eigenvalue weighted by molar-refractivity contribution is -0.150. The predicted octanol–water partition coefficient (Wildman–Crippen LogP) is 2.17. The van der Waals surface area contributed by atoms with Gasteiger partial charge in [-0.25, -0.2) is 9.97 Å². The lowest BCUT2D eigenvalue weighted by Crippen LogP contribution is -2.69. The van der Waals surface area contributed by atoms with Crippen molar-refractivity contribution in [3.05, 3.63) is 65.0 Å². The number of piperazine rings is 1. The van der Waals surface area contributed by atoms with Gasteiger partial charge in [0.1, 0.15) is 17.9 Å². The molecule has 1 aliphatic rings. The highest BCUT2D eigenvalue weighted by Gasteiger charge is 2.49. The van der Waals surface area contributed by atoms with Crippen molar-refractivity contribution in [1.82, 2.24) is 20.2 Å². The highest BCUT2D eigenvalue weighted by atomic mass is 35.5. The smallest absolute Gasteiger partial charge is 0.253 e. The van der Waals surface area contributed by atoms with Crippen molar-refractivity contribution in [3.8, 4) is 5.75 Å². The van der Waals surface area contributed by atoms with Crippen LogP contribution in [0.15, 0.2) is 48.8 Å². The number of ether oxygens (including phenoxy) is 1. The molecular weight excluding hydrogens is 458 g/mol. The minimum absolute atomic E-state index is 0.0522. The third-order valence-electron chi connectivity index (χ3n) is 5.75. The van der Waals surface area contributed by atoms with Crippen LogP contribution >= 0.6 is 11.6 Å². The van der Waals surface area contributed by atoms with Crippen molar-refractivity contribution in [2.24, 2.45) is 0 Å². The summed E-state index contributed by atoms with van der Waals surface area (Å²) in [4.78, 5) is 36.7. The Hall–Kier alpha value is -3.53. The molecule has 34 heavy (non-hydrogen) atoms. The van der Waals surface area contributed by atoms with Crippen LogP contribution in [0.3, 0.4) is 0 Å². The van der Waals surface area contributed by atoms with E-state index in [-0.39, 0.29) is 23.3 Å². The summed E-state index contributed by atoms with van der Waals surface area (Å²) < 4.78 is 5.28. The Bertz CT molecular complexity index is 1280. The zero-order chi connectivity index (χ0) is 24.3. The zero-order valence-corrected chi connectivity index (χ0v) is 19.2. The number of fused-ring (bicyclic) bond motifs is 1. The number of anilines is 1. The number of halogens is 1. The Morgan fingerprint density at radius 3 is 2.91 bits per heavy atom. The van der Waals surface area contributed by atoms with E-state index in [1.807, 2.05) is 18.2 Å². The van der Waals surface area contributed by atoms with Gasteiger partial charge in [-0.2, -0.15) is 0 Å². The Morgan fingerprint density at radius 1 is 1.32 bits per heavy atom. The van der Waals surface area contributed by atoms with Crippen molar-refractivity contribution < 1.29 is 19.4 Å². The monoisotopic (exact) mass is 481 g/mol. The number of methoxy groups -OCH3 is 1. The molecule has 9 nitrogen and oxygen atoms in total. The molecule has 0 spiro atoms. The van der Waals surface area contributed by atoms with Crippen LogP contribution in [0.25, 0.3) is 17.0 Å². The molecule has 4 rings (SSSR count). The van der Waals surface area contributed by atoms with Gasteiger partial charge in [-0.15, -0.1) is 0 Å². The number of hydrogen-bond acceptors (Lipinski definition) is 8. The van der Waals surface area contributed by atoms with Gasteiger partial charge in [0.05, 0.1) is 17.1 Å². The number of carbonyl (C=O) groups excluding carboxylic acids is 2. The average molecular weight is 482 g/mol. The van der Waals surface area contributed by atoms with E-state index in [9.17, 15) is 14.7 Å². The van der Waals surface area contributed by atoms with E-state index in [2.05, 4.69) is 15.3 Å². The Labute approximate surface area is 201 Å². The van der Waals surface area contributed by atoms with E-state index in [0.717, 1.165) is 10.9 Å². The topological polar surface area (TPSA) is 131 Å². The van der Waals surface area contributed by atoms with Gasteiger partial charge in [0, 0.05) is 32.1 Å². The fraction of sp³-hybridized carbons (Fsp3) is 0.250. The molecule has 2 aromatic carbocycles. The third-order valence-corrected chi connectivity index (χ3v) is 6.05. The number of phenolic OH excluding ortho intramolecular Hbond substituents is 1. The Balaban J connectivity index is 1.57. The number of aromatic hydroxyl groups is 1. The maximum absolute atomic E-state index is 13.5. The van der Waals surface area contributed by atoms with Gasteiger partial charge in [-0.3, -0.25) is 14.9 Å². The molecule has 0 saturated carbocycles. The maximum atomic E-state index is 13.5. The first-order valence-electron chi connectivity index (χ1n) is 10.6. The molecule has 0 unspecified atom stereocenters. The number of rotatable bonds is 7. The second-order valence-electron chi connectivity index (χ2n) is 8.01. The number of phenols is 1. The lowest BCUT2D eigenvalue weighted by Gasteiger charge is -2.40. The van der Waals surface area contributed by atoms with Gasteiger partial charge in [-0.1, -0.05) is 29.8 Å². The van der Waals surface area contributed by atoms with E-state index in [1.165, 1.54) is 31.6 Å². The summed E-state index contributed by atoms with van der Waals surface area (Å²) in [6.07, 6.45) is 4.27. The van der Waals surface area contributed by atoms with Gasteiger partial charge >= 0.3 is 0 Å². The van der Waals surface area contributed by atoms with Crippen LogP contribution in [-0.2, 0) is 20.9 Å². The molecule has 0 bridgehead atoms. The second kappa shape index (κ2) is 9.76. The highest BCUT2D eigenvalue weighted by molar-refractivity contribution is 6.32. The molecule has 1 aliphatic heterocycles. The van der Waals surface area contributed by atoms with Gasteiger partial charge < -0.3 is 20.5 Å². The number of amides is 1. The van der Waals surface area contributed by atoms with E-state index in [4.69, 9.17) is 22.1 Å². The van der Waals surface area contributed by atoms with Crippen LogP contribution < -0.4 is 11.1 Å². The summed E-state index contributed by atoms with van der Waals surface area (Å²) in [7, 11) is 1.44. The van der Waals surface area contributed by atoms with Gasteiger partial charge in [0.25, 0.3) is 5.91 Å². The molecular formula is C24H24ClN5O4. The summed E-state index contributed by atoms with van der Waals surface area (Å²) in [6, 6.07) is 10.1. The number of benzene rings is 2. The van der Waals surface area contributed by atoms with E-state index >= 15 is 0 Å². The standard InChI is InChI=1S/C24H24ClN5O4/c1-34-13-24(21(32)7-4-15-3-6-20(31)18(25)10-15)23(33)30(9-8-29-24)12-16-2-5-17-19(11-16)27-14-28-22(17)26/h2-7,10-11,14,29,31H,8-9,12-13H2,1H3,(H2,26,27,28)/b7-4+/t24-/m0/s1. The molecule has 0 aliphatic carbocycles. The van der Waals surface area contributed by atoms with E-state index in [0.29, 0.717) is 36.5 Å². The molecule has 1 fully saturated rings. The van der Waals surface area contributed by atoms with E-state index in [1.54, 1.807) is 17.0 Å². The van der Waals surface area contributed by atoms with Crippen LogP contribution in [-0.4, -0.2) is 64.0 Å². The number of carbonyl (C=O) groups is 2. The van der Waals surface area contributed by atoms with Crippen molar-refractivity contribution in [3.63, 3.8) is 0 Å². The van der Waals surface area contributed by atoms with Gasteiger partial charge in [-0.05, 0) is 41.5 Å². The first kappa shape index (κ1) is 23.6. The quantitative estimate of drug-likeness (QED) is 0.345. The van der Waals surface area contributed by atoms with Crippen molar-refractivity contribution in [1.29, 1.82) is 0 Å². The number of nitrogens with two attached hydrogens (primary N) is 1. The number of ketones is 1. The minimum atomic E-state index is -1.55. The maximum Gasteiger partial charge on any atom is 0.253 e. The number of aromatic nitrogens is 2. The summed E-state index contributed by atoms with van der Waals surface area (Å²) in [5.41, 5.74) is 6.50. The first-order valence-corrected chi connectivity index (χ1v) is 11.0. The summed E-state index contributed by atoms with van der Waals surface area (Å²) in [5, 5.41) is 13.6. The molecule has 1 saturated heterocycles.